The Bertz CT molecular complexity index is 643. The van der Waals surface area contributed by atoms with Crippen LogP contribution in [0.3, 0.4) is 0 Å². The molecule has 88 valence electrons. The van der Waals surface area contributed by atoms with E-state index >= 15 is 0 Å². The number of hydrogen-bond acceptors (Lipinski definition) is 4. The number of rotatable bonds is 2. The fourth-order valence-corrected chi connectivity index (χ4v) is 2.79. The number of aromatic carboxylic acids is 1. The van der Waals surface area contributed by atoms with E-state index in [4.69, 9.17) is 12.2 Å². The van der Waals surface area contributed by atoms with Crippen molar-refractivity contribution >= 4 is 29.5 Å². The maximum atomic E-state index is 11.3. The lowest BCUT2D eigenvalue weighted by Crippen LogP contribution is -2.07. The van der Waals surface area contributed by atoms with Gasteiger partial charge in [-0.15, -0.1) is 11.3 Å². The molecule has 0 amide bonds. The molecule has 0 aliphatic carbocycles. The van der Waals surface area contributed by atoms with E-state index in [1.807, 2.05) is 18.4 Å². The highest BCUT2D eigenvalue weighted by Gasteiger charge is 2.19. The first kappa shape index (κ1) is 11.9. The van der Waals surface area contributed by atoms with Gasteiger partial charge in [-0.1, -0.05) is 0 Å². The predicted molar refractivity (Wildman–Crippen MR) is 69.2 cm³/mol. The van der Waals surface area contributed by atoms with Gasteiger partial charge in [-0.2, -0.15) is 0 Å². The van der Waals surface area contributed by atoms with Crippen molar-refractivity contribution in [2.24, 2.45) is 0 Å². The zero-order valence-corrected chi connectivity index (χ0v) is 10.9. The third-order valence-electron chi connectivity index (χ3n) is 2.41. The molecule has 0 spiro atoms. The smallest absolute Gasteiger partial charge is 0.339 e. The van der Waals surface area contributed by atoms with E-state index in [2.05, 4.69) is 9.97 Å². The Morgan fingerprint density at radius 2 is 2.24 bits per heavy atom. The van der Waals surface area contributed by atoms with Crippen molar-refractivity contribution in [3.8, 4) is 10.6 Å². The Hall–Kier alpha value is -1.53. The Morgan fingerprint density at radius 3 is 2.76 bits per heavy atom. The number of aryl methyl sites for hydroxylation is 2. The van der Waals surface area contributed by atoms with E-state index in [0.29, 0.717) is 16.2 Å². The molecule has 0 radical (unpaired) electrons. The summed E-state index contributed by atoms with van der Waals surface area (Å²) in [4.78, 5) is 19.0. The van der Waals surface area contributed by atoms with Crippen LogP contribution in [0, 0.1) is 18.6 Å². The van der Waals surface area contributed by atoms with Gasteiger partial charge in [-0.25, -0.2) is 9.78 Å². The molecule has 4 nitrogen and oxygen atoms in total. The topological polar surface area (TPSA) is 66.0 Å². The molecule has 0 aliphatic rings. The van der Waals surface area contributed by atoms with Gasteiger partial charge in [0.1, 0.15) is 11.3 Å². The van der Waals surface area contributed by atoms with E-state index in [1.54, 1.807) is 6.92 Å². The predicted octanol–water partition coefficient (Wildman–Crippen LogP) is 3.18. The van der Waals surface area contributed by atoms with E-state index < -0.39 is 5.97 Å². The van der Waals surface area contributed by atoms with Crippen molar-refractivity contribution in [3.05, 3.63) is 33.0 Å². The summed E-state index contributed by atoms with van der Waals surface area (Å²) < 4.78 is 0.301. The van der Waals surface area contributed by atoms with Gasteiger partial charge in [0.05, 0.1) is 4.88 Å². The van der Waals surface area contributed by atoms with E-state index in [0.717, 1.165) is 10.4 Å². The molecule has 0 aliphatic heterocycles. The number of aromatic nitrogens is 2. The lowest BCUT2D eigenvalue weighted by atomic mass is 10.1. The molecular weight excluding hydrogens is 256 g/mol. The van der Waals surface area contributed by atoms with Crippen LogP contribution >= 0.6 is 23.6 Å². The number of carboxylic acid groups (broad SMARTS) is 1. The second-order valence-electron chi connectivity index (χ2n) is 3.63. The number of H-pyrrole nitrogens is 1. The van der Waals surface area contributed by atoms with Gasteiger partial charge in [0, 0.05) is 5.69 Å². The summed E-state index contributed by atoms with van der Waals surface area (Å²) in [6.07, 6.45) is 0. The first-order valence-electron chi connectivity index (χ1n) is 4.89. The SMILES string of the molecule is Cc1ccsc1-c1nc(=S)[nH]c(C)c1C(=O)O. The van der Waals surface area contributed by atoms with Crippen LogP contribution < -0.4 is 0 Å². The van der Waals surface area contributed by atoms with E-state index in [1.165, 1.54) is 11.3 Å². The van der Waals surface area contributed by atoms with Crippen molar-refractivity contribution < 1.29 is 9.90 Å². The zero-order chi connectivity index (χ0) is 12.6. The number of carbonyl (C=O) groups is 1. The number of carboxylic acids is 1. The molecule has 6 heteroatoms. The van der Waals surface area contributed by atoms with Crippen LogP contribution in [0.5, 0.6) is 0 Å². The molecule has 0 saturated heterocycles. The van der Waals surface area contributed by atoms with Crippen molar-refractivity contribution in [2.75, 3.05) is 0 Å². The summed E-state index contributed by atoms with van der Waals surface area (Å²) in [7, 11) is 0. The fraction of sp³-hybridized carbons (Fsp3) is 0.182. The van der Waals surface area contributed by atoms with E-state index in [-0.39, 0.29) is 5.56 Å². The van der Waals surface area contributed by atoms with Crippen LogP contribution in [0.2, 0.25) is 0 Å². The molecule has 0 unspecified atom stereocenters. The fourth-order valence-electron chi connectivity index (χ4n) is 1.63. The van der Waals surface area contributed by atoms with Gasteiger partial charge in [-0.05, 0) is 43.1 Å². The van der Waals surface area contributed by atoms with Gasteiger partial charge in [0.15, 0.2) is 4.77 Å². The van der Waals surface area contributed by atoms with Gasteiger partial charge in [0.2, 0.25) is 0 Å². The molecular formula is C11H10N2O2S2. The van der Waals surface area contributed by atoms with Crippen molar-refractivity contribution in [1.29, 1.82) is 0 Å². The van der Waals surface area contributed by atoms with Crippen molar-refractivity contribution in [1.82, 2.24) is 9.97 Å². The van der Waals surface area contributed by atoms with Gasteiger partial charge in [-0.3, -0.25) is 0 Å². The van der Waals surface area contributed by atoms with Crippen LogP contribution in [-0.4, -0.2) is 21.0 Å². The molecule has 2 rings (SSSR count). The number of aromatic amines is 1. The largest absolute Gasteiger partial charge is 0.478 e. The number of hydrogen-bond donors (Lipinski definition) is 2. The molecule has 17 heavy (non-hydrogen) atoms. The lowest BCUT2D eigenvalue weighted by Gasteiger charge is -2.07. The van der Waals surface area contributed by atoms with Crippen molar-refractivity contribution in [3.63, 3.8) is 0 Å². The molecule has 2 N–H and O–H groups in total. The number of nitrogens with one attached hydrogen (secondary N) is 1. The molecule has 2 aromatic rings. The Balaban J connectivity index is 2.81. The number of nitrogens with zero attached hydrogens (tertiary/aromatic N) is 1. The first-order chi connectivity index (χ1) is 8.00. The maximum Gasteiger partial charge on any atom is 0.339 e. The van der Waals surface area contributed by atoms with Crippen molar-refractivity contribution in [2.45, 2.75) is 13.8 Å². The summed E-state index contributed by atoms with van der Waals surface area (Å²) in [5.74, 6) is -0.996. The van der Waals surface area contributed by atoms with Gasteiger partial charge < -0.3 is 10.1 Å². The third kappa shape index (κ3) is 2.13. The molecule has 0 fully saturated rings. The van der Waals surface area contributed by atoms with Crippen LogP contribution in [0.25, 0.3) is 10.6 Å². The molecule has 2 aromatic heterocycles. The Kier molecular flexibility index (Phi) is 3.08. The quantitative estimate of drug-likeness (QED) is 0.819. The van der Waals surface area contributed by atoms with E-state index in [9.17, 15) is 9.90 Å². The molecule has 0 atom stereocenters. The van der Waals surface area contributed by atoms with Gasteiger partial charge >= 0.3 is 5.97 Å². The molecule has 0 bridgehead atoms. The summed E-state index contributed by atoms with van der Waals surface area (Å²) in [5.41, 5.74) is 2.17. The molecule has 2 heterocycles. The van der Waals surface area contributed by atoms with Crippen LogP contribution in [0.15, 0.2) is 11.4 Å². The highest BCUT2D eigenvalue weighted by atomic mass is 32.1. The summed E-state index contributed by atoms with van der Waals surface area (Å²) in [5, 5.41) is 11.1. The monoisotopic (exact) mass is 266 g/mol. The highest BCUT2D eigenvalue weighted by Crippen LogP contribution is 2.30. The molecule has 0 saturated carbocycles. The number of thiophene rings is 1. The zero-order valence-electron chi connectivity index (χ0n) is 9.27. The second-order valence-corrected chi connectivity index (χ2v) is 4.93. The minimum atomic E-state index is -0.996. The minimum absolute atomic E-state index is 0.184. The molecule has 0 aromatic carbocycles. The average Bonchev–Trinajstić information content (AvgIpc) is 2.62. The van der Waals surface area contributed by atoms with Crippen LogP contribution in [0.4, 0.5) is 0 Å². The standard InChI is InChI=1S/C11H10N2O2S2/c1-5-3-4-17-9(5)8-7(10(14)15)6(2)12-11(16)13-8/h3-4H,1-2H3,(H,14,15)(H,12,13,16). The second kappa shape index (κ2) is 4.38. The van der Waals surface area contributed by atoms with Crippen LogP contribution in [-0.2, 0) is 0 Å². The first-order valence-corrected chi connectivity index (χ1v) is 6.18. The Morgan fingerprint density at radius 1 is 1.53 bits per heavy atom. The normalized spacial score (nSPS) is 10.5. The maximum absolute atomic E-state index is 11.3. The third-order valence-corrected chi connectivity index (χ3v) is 3.63. The Labute approximate surface area is 107 Å². The average molecular weight is 266 g/mol. The lowest BCUT2D eigenvalue weighted by molar-refractivity contribution is 0.0696. The summed E-state index contributed by atoms with van der Waals surface area (Å²) in [6.45, 7) is 3.61. The summed E-state index contributed by atoms with van der Waals surface area (Å²) in [6, 6.07) is 1.93. The van der Waals surface area contributed by atoms with Gasteiger partial charge in [0.25, 0.3) is 0 Å². The highest BCUT2D eigenvalue weighted by molar-refractivity contribution is 7.71. The minimum Gasteiger partial charge on any atom is -0.478 e. The summed E-state index contributed by atoms with van der Waals surface area (Å²) >= 11 is 6.46. The van der Waals surface area contributed by atoms with Crippen LogP contribution in [0.1, 0.15) is 21.6 Å².